The lowest BCUT2D eigenvalue weighted by atomic mass is 10.0. The molecule has 9 heteroatoms. The van der Waals surface area contributed by atoms with Crippen LogP contribution < -0.4 is 5.48 Å². The van der Waals surface area contributed by atoms with E-state index in [0.717, 1.165) is 12.8 Å². The van der Waals surface area contributed by atoms with E-state index < -0.39 is 18.1 Å². The molecule has 4 rings (SSSR count). The Morgan fingerprint density at radius 3 is 2.88 bits per heavy atom. The summed E-state index contributed by atoms with van der Waals surface area (Å²) in [4.78, 5) is 17.6. The van der Waals surface area contributed by atoms with Gasteiger partial charge in [-0.25, -0.2) is 23.6 Å². The van der Waals surface area contributed by atoms with Gasteiger partial charge in [0.05, 0.1) is 12.1 Å². The number of alkyl halides is 2. The summed E-state index contributed by atoms with van der Waals surface area (Å²) in [6.07, 6.45) is 1.83. The lowest BCUT2D eigenvalue weighted by Crippen LogP contribution is -2.39. The molecule has 1 atom stereocenters. The number of amides is 1. The number of carbonyl (C=O) groups excluding carboxylic acids is 1. The molecule has 32 heavy (non-hydrogen) atoms. The second-order valence-electron chi connectivity index (χ2n) is 7.79. The van der Waals surface area contributed by atoms with Crippen LogP contribution in [0.2, 0.25) is 0 Å². The Labute approximate surface area is 182 Å². The van der Waals surface area contributed by atoms with Gasteiger partial charge in [0.2, 0.25) is 0 Å². The summed E-state index contributed by atoms with van der Waals surface area (Å²) >= 11 is 0. The Morgan fingerprint density at radius 1 is 1.28 bits per heavy atom. The largest absolute Gasteiger partial charge is 0.319 e. The van der Waals surface area contributed by atoms with Crippen LogP contribution in [-0.2, 0) is 4.79 Å². The van der Waals surface area contributed by atoms with Crippen LogP contribution >= 0.6 is 0 Å². The number of hydroxylamine groups is 1. The highest BCUT2D eigenvalue weighted by Gasteiger charge is 2.27. The van der Waals surface area contributed by atoms with Crippen molar-refractivity contribution in [3.63, 3.8) is 0 Å². The van der Waals surface area contributed by atoms with Crippen molar-refractivity contribution in [2.75, 3.05) is 19.6 Å². The number of nitrogens with zero attached hydrogens (tertiary/aromatic N) is 3. The molecule has 3 aromatic rings. The van der Waals surface area contributed by atoms with Gasteiger partial charge in [0.15, 0.2) is 5.82 Å². The maximum absolute atomic E-state index is 14.6. The van der Waals surface area contributed by atoms with Gasteiger partial charge in [-0.05, 0) is 49.2 Å². The van der Waals surface area contributed by atoms with Gasteiger partial charge in [0, 0.05) is 24.2 Å². The van der Waals surface area contributed by atoms with Gasteiger partial charge in [-0.15, -0.1) is 0 Å². The van der Waals surface area contributed by atoms with E-state index in [2.05, 4.69) is 4.98 Å². The minimum atomic E-state index is -2.41. The van der Waals surface area contributed by atoms with Crippen molar-refractivity contribution in [1.29, 1.82) is 0 Å². The normalized spacial score (nSPS) is 17.5. The SMILES string of the molecule is O=C(C=Cc1cccc(-c2nc3c(F)cccc3n2[C@@H]2CCCN(CC(F)F)C2)c1)NO. The predicted octanol–water partition coefficient (Wildman–Crippen LogP) is 4.26. The molecule has 6 nitrogen and oxygen atoms in total. The number of rotatable bonds is 6. The first-order chi connectivity index (χ1) is 15.5. The quantitative estimate of drug-likeness (QED) is 0.339. The van der Waals surface area contributed by atoms with E-state index in [9.17, 15) is 18.0 Å². The van der Waals surface area contributed by atoms with Gasteiger partial charge in [-0.1, -0.05) is 24.3 Å². The van der Waals surface area contributed by atoms with Gasteiger partial charge in [0.1, 0.15) is 11.3 Å². The van der Waals surface area contributed by atoms with E-state index in [1.807, 2.05) is 10.6 Å². The zero-order valence-electron chi connectivity index (χ0n) is 17.2. The molecule has 0 bridgehead atoms. The van der Waals surface area contributed by atoms with E-state index in [-0.39, 0.29) is 18.1 Å². The van der Waals surface area contributed by atoms with Gasteiger partial charge in [0.25, 0.3) is 12.3 Å². The second-order valence-corrected chi connectivity index (χ2v) is 7.79. The van der Waals surface area contributed by atoms with Crippen molar-refractivity contribution in [3.05, 3.63) is 59.9 Å². The van der Waals surface area contributed by atoms with E-state index in [1.165, 1.54) is 23.7 Å². The van der Waals surface area contributed by atoms with E-state index >= 15 is 0 Å². The molecule has 0 unspecified atom stereocenters. The lowest BCUT2D eigenvalue weighted by molar-refractivity contribution is -0.124. The number of para-hydroxylation sites is 1. The topological polar surface area (TPSA) is 70.4 Å². The van der Waals surface area contributed by atoms with Crippen LogP contribution in [0.4, 0.5) is 13.2 Å². The maximum atomic E-state index is 14.6. The lowest BCUT2D eigenvalue weighted by Gasteiger charge is -2.34. The van der Waals surface area contributed by atoms with Crippen molar-refractivity contribution in [2.24, 2.45) is 0 Å². The zero-order chi connectivity index (χ0) is 22.7. The number of benzene rings is 2. The van der Waals surface area contributed by atoms with Crippen LogP contribution in [0.15, 0.2) is 48.5 Å². The van der Waals surface area contributed by atoms with Crippen LogP contribution in [0.3, 0.4) is 0 Å². The van der Waals surface area contributed by atoms with Gasteiger partial charge >= 0.3 is 0 Å². The van der Waals surface area contributed by atoms with Crippen molar-refractivity contribution in [3.8, 4) is 11.4 Å². The summed E-state index contributed by atoms with van der Waals surface area (Å²) < 4.78 is 42.5. The summed E-state index contributed by atoms with van der Waals surface area (Å²) in [5, 5.41) is 8.66. The number of halogens is 3. The standard InChI is InChI=1S/C23H23F3N4O2/c24-18-7-2-8-19-22(18)27-23(16-5-1-4-15(12-16)9-10-21(31)28-32)30(19)17-6-3-11-29(13-17)14-20(25)26/h1-2,4-5,7-10,12,17,20,32H,3,6,11,13-14H2,(H,28,31)/t17-/m1/s1. The Morgan fingerprint density at radius 2 is 2.09 bits per heavy atom. The summed E-state index contributed by atoms with van der Waals surface area (Å²) in [5.74, 6) is -0.569. The first-order valence-corrected chi connectivity index (χ1v) is 10.4. The molecule has 0 spiro atoms. The van der Waals surface area contributed by atoms with Crippen LogP contribution in [0.5, 0.6) is 0 Å². The smallest absolute Gasteiger partial charge is 0.267 e. The highest BCUT2D eigenvalue weighted by atomic mass is 19.3. The highest BCUT2D eigenvalue weighted by Crippen LogP contribution is 2.34. The Hall–Kier alpha value is -3.17. The molecule has 0 saturated carbocycles. The van der Waals surface area contributed by atoms with Crippen LogP contribution in [0.25, 0.3) is 28.5 Å². The number of nitrogens with one attached hydrogen (secondary N) is 1. The fourth-order valence-electron chi connectivity index (χ4n) is 4.25. The van der Waals surface area contributed by atoms with Gasteiger partial charge in [-0.3, -0.25) is 14.9 Å². The fraction of sp³-hybridized carbons (Fsp3) is 0.304. The molecule has 1 saturated heterocycles. The molecule has 2 aromatic carbocycles. The van der Waals surface area contributed by atoms with Crippen molar-refractivity contribution in [2.45, 2.75) is 25.3 Å². The number of carbonyl (C=O) groups is 1. The first-order valence-electron chi connectivity index (χ1n) is 10.4. The molecule has 2 heterocycles. The fourth-order valence-corrected chi connectivity index (χ4v) is 4.25. The molecule has 0 radical (unpaired) electrons. The van der Waals surface area contributed by atoms with Gasteiger partial charge < -0.3 is 4.57 Å². The number of likely N-dealkylation sites (tertiary alicyclic amines) is 1. The van der Waals surface area contributed by atoms with E-state index in [1.54, 1.807) is 35.2 Å². The predicted molar refractivity (Wildman–Crippen MR) is 115 cm³/mol. The second kappa shape index (κ2) is 9.54. The third kappa shape index (κ3) is 4.68. The van der Waals surface area contributed by atoms with Crippen LogP contribution in [0.1, 0.15) is 24.4 Å². The third-order valence-electron chi connectivity index (χ3n) is 5.60. The number of aromatic nitrogens is 2. The molecular formula is C23H23F3N4O2. The summed E-state index contributed by atoms with van der Waals surface area (Å²) in [7, 11) is 0. The molecule has 1 aliphatic heterocycles. The molecule has 2 N–H and O–H groups in total. The average Bonchev–Trinajstić information content (AvgIpc) is 3.18. The van der Waals surface area contributed by atoms with Crippen LogP contribution in [0, 0.1) is 5.82 Å². The van der Waals surface area contributed by atoms with E-state index in [4.69, 9.17) is 5.21 Å². The van der Waals surface area contributed by atoms with Crippen molar-refractivity contribution in [1.82, 2.24) is 19.9 Å². The van der Waals surface area contributed by atoms with E-state index in [0.29, 0.717) is 35.6 Å². The molecule has 1 aliphatic rings. The zero-order valence-corrected chi connectivity index (χ0v) is 17.2. The summed E-state index contributed by atoms with van der Waals surface area (Å²) in [6, 6.07) is 11.8. The maximum Gasteiger partial charge on any atom is 0.267 e. The Balaban J connectivity index is 1.78. The van der Waals surface area contributed by atoms with Gasteiger partial charge in [-0.2, -0.15) is 0 Å². The number of hydrogen-bond donors (Lipinski definition) is 2. The molecular weight excluding hydrogens is 421 g/mol. The molecule has 1 fully saturated rings. The number of hydrogen-bond acceptors (Lipinski definition) is 4. The molecule has 168 valence electrons. The average molecular weight is 444 g/mol. The van der Waals surface area contributed by atoms with Crippen molar-refractivity contribution < 1.29 is 23.2 Å². The van der Waals surface area contributed by atoms with Crippen molar-refractivity contribution >= 4 is 23.0 Å². The van der Waals surface area contributed by atoms with Crippen LogP contribution in [-0.4, -0.2) is 51.6 Å². The molecule has 0 aliphatic carbocycles. The minimum Gasteiger partial charge on any atom is -0.319 e. The minimum absolute atomic E-state index is 0.135. The Bertz CT molecular complexity index is 1150. The Kier molecular flexibility index (Phi) is 6.57. The molecule has 1 aromatic heterocycles. The number of imidazole rings is 1. The number of piperidine rings is 1. The summed E-state index contributed by atoms with van der Waals surface area (Å²) in [5.41, 5.74) is 3.77. The highest BCUT2D eigenvalue weighted by molar-refractivity contribution is 5.91. The first kappa shape index (κ1) is 22.0. The monoisotopic (exact) mass is 444 g/mol. The molecule has 1 amide bonds. The summed E-state index contributed by atoms with van der Waals surface area (Å²) in [6.45, 7) is 0.736. The third-order valence-corrected chi connectivity index (χ3v) is 5.60. The number of fused-ring (bicyclic) bond motifs is 1.